The van der Waals surface area contributed by atoms with Crippen LogP contribution in [0.5, 0.6) is 0 Å². The molecular weight excluding hydrogens is 515 g/mol. The van der Waals surface area contributed by atoms with E-state index in [0.717, 1.165) is 36.9 Å². The van der Waals surface area contributed by atoms with Gasteiger partial charge in [-0.2, -0.15) is 0 Å². The SMILES string of the molecule is C/C1=C\CC[C@@]2(C)O[C@H]2[C@H]2OC(=O)C(CNC(Cc3ccc(N(CCCl)CCCl)cc3)C(=O)O)[C@@H]2CC1. The van der Waals surface area contributed by atoms with E-state index < -0.39 is 17.9 Å². The Morgan fingerprint density at radius 2 is 1.95 bits per heavy atom. The summed E-state index contributed by atoms with van der Waals surface area (Å²) in [6, 6.07) is 6.99. The molecule has 37 heavy (non-hydrogen) atoms. The van der Waals surface area contributed by atoms with E-state index in [4.69, 9.17) is 32.7 Å². The van der Waals surface area contributed by atoms with E-state index in [1.54, 1.807) is 0 Å². The van der Waals surface area contributed by atoms with Crippen molar-refractivity contribution in [3.05, 3.63) is 41.5 Å². The monoisotopic (exact) mass is 552 g/mol. The van der Waals surface area contributed by atoms with Crippen molar-refractivity contribution in [3.63, 3.8) is 0 Å². The van der Waals surface area contributed by atoms with Crippen LogP contribution in [0.25, 0.3) is 0 Å². The molecule has 2 unspecified atom stereocenters. The highest BCUT2D eigenvalue weighted by molar-refractivity contribution is 6.18. The topological polar surface area (TPSA) is 91.4 Å². The number of esters is 1. The zero-order valence-corrected chi connectivity index (χ0v) is 23.1. The molecule has 0 bridgehead atoms. The molecule has 9 heteroatoms. The first kappa shape index (κ1) is 28.2. The average molecular weight is 554 g/mol. The van der Waals surface area contributed by atoms with Crippen LogP contribution in [0.3, 0.4) is 0 Å². The number of carbonyl (C=O) groups excluding carboxylic acids is 1. The van der Waals surface area contributed by atoms with Crippen LogP contribution in [0.2, 0.25) is 0 Å². The van der Waals surface area contributed by atoms with Crippen LogP contribution in [0, 0.1) is 11.8 Å². The number of fused-ring (bicyclic) bond motifs is 3. The number of epoxide rings is 1. The summed E-state index contributed by atoms with van der Waals surface area (Å²) in [7, 11) is 0. The molecule has 6 atom stereocenters. The lowest BCUT2D eigenvalue weighted by Crippen LogP contribution is -2.43. The smallest absolute Gasteiger partial charge is 0.321 e. The lowest BCUT2D eigenvalue weighted by atomic mass is 9.80. The van der Waals surface area contributed by atoms with E-state index in [0.29, 0.717) is 31.3 Å². The van der Waals surface area contributed by atoms with Crippen LogP contribution >= 0.6 is 23.2 Å². The molecule has 0 spiro atoms. The largest absolute Gasteiger partial charge is 0.480 e. The summed E-state index contributed by atoms with van der Waals surface area (Å²) in [5.74, 6) is -0.603. The van der Waals surface area contributed by atoms with E-state index >= 15 is 0 Å². The predicted molar refractivity (Wildman–Crippen MR) is 146 cm³/mol. The number of aliphatic carboxylic acids is 1. The van der Waals surface area contributed by atoms with Gasteiger partial charge in [0.05, 0.1) is 11.5 Å². The average Bonchev–Trinajstić information content (AvgIpc) is 3.43. The predicted octanol–water partition coefficient (Wildman–Crippen LogP) is 4.39. The van der Waals surface area contributed by atoms with Gasteiger partial charge in [0, 0.05) is 43.0 Å². The minimum Gasteiger partial charge on any atom is -0.480 e. The Balaban J connectivity index is 1.41. The number of rotatable bonds is 11. The lowest BCUT2D eigenvalue weighted by Gasteiger charge is -2.24. The molecule has 7 nitrogen and oxygen atoms in total. The van der Waals surface area contributed by atoms with Crippen molar-refractivity contribution in [2.45, 2.75) is 69.8 Å². The third-order valence-corrected chi connectivity index (χ3v) is 8.41. The second kappa shape index (κ2) is 12.4. The number of allylic oxidation sites excluding steroid dienone is 2. The summed E-state index contributed by atoms with van der Waals surface area (Å²) >= 11 is 11.8. The van der Waals surface area contributed by atoms with Crippen molar-refractivity contribution in [2.75, 3.05) is 36.3 Å². The van der Waals surface area contributed by atoms with Crippen molar-refractivity contribution < 1.29 is 24.2 Å². The molecular formula is C28H38Cl2N2O5. The molecule has 1 aromatic carbocycles. The Kier molecular flexibility index (Phi) is 9.43. The van der Waals surface area contributed by atoms with E-state index in [-0.39, 0.29) is 36.2 Å². The maximum Gasteiger partial charge on any atom is 0.321 e. The highest BCUT2D eigenvalue weighted by Gasteiger charge is 2.62. The van der Waals surface area contributed by atoms with Gasteiger partial charge in [0.25, 0.3) is 0 Å². The molecule has 0 saturated carbocycles. The summed E-state index contributed by atoms with van der Waals surface area (Å²) in [5, 5.41) is 13.1. The summed E-state index contributed by atoms with van der Waals surface area (Å²) < 4.78 is 11.9. The molecule has 2 heterocycles. The van der Waals surface area contributed by atoms with E-state index in [1.165, 1.54) is 5.57 Å². The summed E-state index contributed by atoms with van der Waals surface area (Å²) in [6.07, 6.45) is 5.83. The number of halogens is 2. The molecule has 0 aromatic heterocycles. The maximum atomic E-state index is 12.9. The van der Waals surface area contributed by atoms with Gasteiger partial charge >= 0.3 is 11.9 Å². The van der Waals surface area contributed by atoms with Crippen molar-refractivity contribution in [1.82, 2.24) is 5.32 Å². The van der Waals surface area contributed by atoms with Crippen molar-refractivity contribution in [2.24, 2.45) is 11.8 Å². The molecule has 2 fully saturated rings. The van der Waals surface area contributed by atoms with Gasteiger partial charge < -0.3 is 24.8 Å². The molecule has 1 aromatic rings. The Morgan fingerprint density at radius 1 is 1.24 bits per heavy atom. The van der Waals surface area contributed by atoms with Crippen LogP contribution in [-0.2, 0) is 25.5 Å². The molecule has 0 amide bonds. The van der Waals surface area contributed by atoms with Gasteiger partial charge in [-0.25, -0.2) is 0 Å². The van der Waals surface area contributed by atoms with E-state index in [2.05, 4.69) is 30.1 Å². The molecule has 2 aliphatic heterocycles. The number of carbonyl (C=O) groups is 2. The van der Waals surface area contributed by atoms with E-state index in [1.807, 2.05) is 24.3 Å². The normalized spacial score (nSPS) is 31.4. The number of hydrogen-bond donors (Lipinski definition) is 2. The molecule has 0 radical (unpaired) electrons. The number of ether oxygens (including phenoxy) is 2. The third kappa shape index (κ3) is 6.80. The summed E-state index contributed by atoms with van der Waals surface area (Å²) in [6.45, 7) is 5.86. The van der Waals surface area contributed by atoms with Gasteiger partial charge in [-0.1, -0.05) is 23.8 Å². The highest BCUT2D eigenvalue weighted by Crippen LogP contribution is 2.50. The quantitative estimate of drug-likeness (QED) is 0.182. The number of benzene rings is 1. The molecule has 1 aliphatic carbocycles. The number of hydrogen-bond acceptors (Lipinski definition) is 6. The zero-order valence-electron chi connectivity index (χ0n) is 21.6. The fourth-order valence-electron chi connectivity index (χ4n) is 5.74. The van der Waals surface area contributed by atoms with Gasteiger partial charge in [0.15, 0.2) is 0 Å². The fourth-order valence-corrected chi connectivity index (χ4v) is 6.15. The van der Waals surface area contributed by atoms with Gasteiger partial charge in [-0.15, -0.1) is 23.2 Å². The standard InChI is InChI=1S/C28H38Cl2N2O5/c1-18-4-3-11-28(2)25(37-28)24-21(10-5-18)22(27(35)36-24)17-31-23(26(33)34)16-19-6-8-20(9-7-19)32(14-12-29)15-13-30/h4,6-9,21-25,31H,3,5,10-17H2,1-2H3,(H,33,34)/b18-4+/t21-,22?,23?,24-,25-,28+/m0/s1. The highest BCUT2D eigenvalue weighted by atomic mass is 35.5. The molecule has 3 aliphatic rings. The van der Waals surface area contributed by atoms with Crippen molar-refractivity contribution in [1.29, 1.82) is 0 Å². The van der Waals surface area contributed by atoms with Crippen LogP contribution in [0.15, 0.2) is 35.9 Å². The number of nitrogens with one attached hydrogen (secondary N) is 1. The lowest BCUT2D eigenvalue weighted by molar-refractivity contribution is -0.145. The summed E-state index contributed by atoms with van der Waals surface area (Å²) in [5.41, 5.74) is 2.96. The van der Waals surface area contributed by atoms with Crippen molar-refractivity contribution >= 4 is 40.8 Å². The number of anilines is 1. The zero-order chi connectivity index (χ0) is 26.6. The number of carboxylic acid groups (broad SMARTS) is 1. The third-order valence-electron chi connectivity index (χ3n) is 8.07. The maximum absolute atomic E-state index is 12.9. The van der Waals surface area contributed by atoms with Crippen LogP contribution in [0.4, 0.5) is 5.69 Å². The van der Waals surface area contributed by atoms with Crippen LogP contribution in [0.1, 0.15) is 45.1 Å². The van der Waals surface area contributed by atoms with Crippen LogP contribution < -0.4 is 10.2 Å². The van der Waals surface area contributed by atoms with Crippen molar-refractivity contribution in [3.8, 4) is 0 Å². The van der Waals surface area contributed by atoms with Gasteiger partial charge in [-0.05, 0) is 63.6 Å². The minimum absolute atomic E-state index is 0.00291. The molecule has 2 N–H and O–H groups in total. The first-order valence-corrected chi connectivity index (χ1v) is 14.3. The van der Waals surface area contributed by atoms with Gasteiger partial charge in [-0.3, -0.25) is 9.59 Å². The second-order valence-corrected chi connectivity index (χ2v) is 11.4. The van der Waals surface area contributed by atoms with Gasteiger partial charge in [0.1, 0.15) is 18.2 Å². The first-order valence-electron chi connectivity index (χ1n) is 13.2. The molecule has 2 saturated heterocycles. The number of nitrogens with zero attached hydrogens (tertiary/aromatic N) is 1. The van der Waals surface area contributed by atoms with Gasteiger partial charge in [0.2, 0.25) is 0 Å². The second-order valence-electron chi connectivity index (χ2n) is 10.7. The molecule has 204 valence electrons. The first-order chi connectivity index (χ1) is 17.8. The minimum atomic E-state index is -0.944. The molecule has 4 rings (SSSR count). The van der Waals surface area contributed by atoms with E-state index in [9.17, 15) is 14.7 Å². The fraction of sp³-hybridized carbons (Fsp3) is 0.643. The number of alkyl halides is 2. The van der Waals surface area contributed by atoms with Crippen LogP contribution in [-0.4, -0.2) is 72.3 Å². The Hall–Kier alpha value is -1.80. The Bertz CT molecular complexity index is 981. The Labute approximate surface area is 229 Å². The number of carboxylic acids is 1. The Morgan fingerprint density at radius 3 is 2.59 bits per heavy atom. The summed E-state index contributed by atoms with van der Waals surface area (Å²) in [4.78, 5) is 27.1.